The van der Waals surface area contributed by atoms with Crippen LogP contribution in [0.1, 0.15) is 0 Å². The largest absolute Gasteiger partial charge is 0.381 e. The summed E-state index contributed by atoms with van der Waals surface area (Å²) in [5.41, 5.74) is 8.16. The molecule has 1 atom stereocenters. The van der Waals surface area contributed by atoms with Crippen molar-refractivity contribution in [3.05, 3.63) is 35.6 Å². The molecule has 0 aromatic carbocycles. The molecule has 0 fully saturated rings. The van der Waals surface area contributed by atoms with Gasteiger partial charge in [0.2, 0.25) is 0 Å². The van der Waals surface area contributed by atoms with Crippen LogP contribution >= 0.6 is 0 Å². The first-order valence-electron chi connectivity index (χ1n) is 3.46. The van der Waals surface area contributed by atoms with E-state index in [1.165, 1.54) is 11.3 Å². The highest BCUT2D eigenvalue weighted by atomic mass is 14.9. The lowest BCUT2D eigenvalue weighted by Gasteiger charge is -2.12. The minimum absolute atomic E-state index is 0.110. The van der Waals surface area contributed by atoms with E-state index in [-0.39, 0.29) is 6.04 Å². The summed E-state index contributed by atoms with van der Waals surface area (Å²) >= 11 is 0. The third-order valence-corrected chi connectivity index (χ3v) is 1.85. The molecule has 1 unspecified atom stereocenters. The van der Waals surface area contributed by atoms with Crippen LogP contribution < -0.4 is 11.1 Å². The number of nitrogens with one attached hydrogen (secondary N) is 1. The van der Waals surface area contributed by atoms with E-state index in [4.69, 9.17) is 5.73 Å². The maximum Gasteiger partial charge on any atom is 0.0505 e. The van der Waals surface area contributed by atoms with E-state index in [2.05, 4.69) is 17.5 Å². The van der Waals surface area contributed by atoms with Gasteiger partial charge in [-0.1, -0.05) is 18.2 Å². The predicted octanol–water partition coefficient (Wildman–Crippen LogP) is 0.297. The highest BCUT2D eigenvalue weighted by Gasteiger charge is 2.15. The second-order valence-electron chi connectivity index (χ2n) is 2.54. The molecule has 2 rings (SSSR count). The fourth-order valence-electron chi connectivity index (χ4n) is 1.30. The second kappa shape index (κ2) is 1.99. The number of hydrogen-bond acceptors (Lipinski definition) is 2. The van der Waals surface area contributed by atoms with E-state index in [0.717, 1.165) is 6.54 Å². The Bertz CT molecular complexity index is 226. The van der Waals surface area contributed by atoms with Crippen molar-refractivity contribution in [2.45, 2.75) is 6.04 Å². The average molecular weight is 134 g/mol. The Kier molecular flexibility index (Phi) is 1.14. The molecule has 1 aliphatic carbocycles. The summed E-state index contributed by atoms with van der Waals surface area (Å²) < 4.78 is 0. The lowest BCUT2D eigenvalue weighted by molar-refractivity contribution is 0.881. The zero-order chi connectivity index (χ0) is 6.97. The molecule has 1 aliphatic heterocycles. The van der Waals surface area contributed by atoms with Gasteiger partial charge in [0.1, 0.15) is 0 Å². The molecule has 2 aliphatic rings. The van der Waals surface area contributed by atoms with Crippen LogP contribution in [0, 0.1) is 0 Å². The minimum atomic E-state index is 0.110. The SMILES string of the molecule is NC1C=CC2=C1C=CCN2. The summed E-state index contributed by atoms with van der Waals surface area (Å²) in [4.78, 5) is 0. The molecule has 0 amide bonds. The summed E-state index contributed by atoms with van der Waals surface area (Å²) in [6, 6.07) is 0.110. The van der Waals surface area contributed by atoms with Crippen LogP contribution in [-0.2, 0) is 0 Å². The van der Waals surface area contributed by atoms with Gasteiger partial charge in [-0.3, -0.25) is 0 Å². The van der Waals surface area contributed by atoms with Gasteiger partial charge in [0.15, 0.2) is 0 Å². The van der Waals surface area contributed by atoms with Gasteiger partial charge in [0, 0.05) is 12.2 Å². The molecule has 0 radical (unpaired) electrons. The van der Waals surface area contributed by atoms with Gasteiger partial charge in [-0.05, 0) is 11.6 Å². The topological polar surface area (TPSA) is 38.0 Å². The Morgan fingerprint density at radius 1 is 1.50 bits per heavy atom. The molecular weight excluding hydrogens is 124 g/mol. The fourth-order valence-corrected chi connectivity index (χ4v) is 1.30. The quantitative estimate of drug-likeness (QED) is 0.500. The third-order valence-electron chi connectivity index (χ3n) is 1.85. The Labute approximate surface area is 60.1 Å². The van der Waals surface area contributed by atoms with Crippen molar-refractivity contribution < 1.29 is 0 Å². The maximum atomic E-state index is 5.75. The van der Waals surface area contributed by atoms with Crippen molar-refractivity contribution in [1.29, 1.82) is 0 Å². The molecule has 0 aromatic heterocycles. The van der Waals surface area contributed by atoms with Gasteiger partial charge < -0.3 is 11.1 Å². The van der Waals surface area contributed by atoms with Crippen LogP contribution in [0.25, 0.3) is 0 Å². The standard InChI is InChI=1S/C8H10N2/c9-7-3-4-8-6(7)2-1-5-10-8/h1-4,7,10H,5,9H2. The zero-order valence-corrected chi connectivity index (χ0v) is 5.67. The van der Waals surface area contributed by atoms with E-state index in [1.54, 1.807) is 0 Å². The van der Waals surface area contributed by atoms with Crippen molar-refractivity contribution in [3.8, 4) is 0 Å². The Morgan fingerprint density at radius 3 is 3.20 bits per heavy atom. The van der Waals surface area contributed by atoms with Crippen LogP contribution in [0.2, 0.25) is 0 Å². The van der Waals surface area contributed by atoms with Gasteiger partial charge in [0.05, 0.1) is 6.04 Å². The van der Waals surface area contributed by atoms with Crippen LogP contribution in [-0.4, -0.2) is 12.6 Å². The molecule has 52 valence electrons. The van der Waals surface area contributed by atoms with E-state index in [9.17, 15) is 0 Å². The summed E-state index contributed by atoms with van der Waals surface area (Å²) in [5.74, 6) is 0. The van der Waals surface area contributed by atoms with Gasteiger partial charge in [-0.15, -0.1) is 0 Å². The number of nitrogens with two attached hydrogens (primary N) is 1. The maximum absolute atomic E-state index is 5.75. The summed E-state index contributed by atoms with van der Waals surface area (Å²) in [6.45, 7) is 0.926. The van der Waals surface area contributed by atoms with Gasteiger partial charge in [0.25, 0.3) is 0 Å². The highest BCUT2D eigenvalue weighted by Crippen LogP contribution is 2.18. The number of allylic oxidation sites excluding steroid dienone is 1. The van der Waals surface area contributed by atoms with E-state index in [1.807, 2.05) is 12.2 Å². The Hall–Kier alpha value is -1.02. The second-order valence-corrected chi connectivity index (χ2v) is 2.54. The zero-order valence-electron chi connectivity index (χ0n) is 5.67. The predicted molar refractivity (Wildman–Crippen MR) is 41.3 cm³/mol. The first kappa shape index (κ1) is 5.74. The van der Waals surface area contributed by atoms with Crippen molar-refractivity contribution >= 4 is 0 Å². The first-order valence-corrected chi connectivity index (χ1v) is 3.46. The van der Waals surface area contributed by atoms with Gasteiger partial charge >= 0.3 is 0 Å². The molecular formula is C8H10N2. The van der Waals surface area contributed by atoms with Crippen LogP contribution in [0.5, 0.6) is 0 Å². The molecule has 10 heavy (non-hydrogen) atoms. The molecule has 1 heterocycles. The Morgan fingerprint density at radius 2 is 2.40 bits per heavy atom. The van der Waals surface area contributed by atoms with Crippen molar-refractivity contribution in [3.63, 3.8) is 0 Å². The average Bonchev–Trinajstić information content (AvgIpc) is 2.34. The minimum Gasteiger partial charge on any atom is -0.381 e. The van der Waals surface area contributed by atoms with E-state index in [0.29, 0.717) is 0 Å². The van der Waals surface area contributed by atoms with Crippen molar-refractivity contribution in [1.82, 2.24) is 5.32 Å². The molecule has 0 spiro atoms. The molecule has 0 bridgehead atoms. The molecule has 2 nitrogen and oxygen atoms in total. The summed E-state index contributed by atoms with van der Waals surface area (Å²) in [6.07, 6.45) is 8.24. The normalized spacial score (nSPS) is 28.7. The monoisotopic (exact) mass is 134 g/mol. The molecule has 0 aromatic rings. The summed E-state index contributed by atoms with van der Waals surface area (Å²) in [5, 5.41) is 3.24. The Balaban J connectivity index is 2.36. The molecule has 3 N–H and O–H groups in total. The third kappa shape index (κ3) is 0.693. The van der Waals surface area contributed by atoms with Crippen molar-refractivity contribution in [2.75, 3.05) is 6.54 Å². The number of dihydropyridines is 1. The fraction of sp³-hybridized carbons (Fsp3) is 0.250. The highest BCUT2D eigenvalue weighted by molar-refractivity contribution is 5.46. The van der Waals surface area contributed by atoms with Gasteiger partial charge in [-0.25, -0.2) is 0 Å². The smallest absolute Gasteiger partial charge is 0.0505 e. The van der Waals surface area contributed by atoms with Crippen molar-refractivity contribution in [2.24, 2.45) is 5.73 Å². The van der Waals surface area contributed by atoms with E-state index >= 15 is 0 Å². The molecule has 0 saturated heterocycles. The molecule has 2 heteroatoms. The number of hydrogen-bond donors (Lipinski definition) is 2. The van der Waals surface area contributed by atoms with Crippen LogP contribution in [0.3, 0.4) is 0 Å². The lowest BCUT2D eigenvalue weighted by atomic mass is 10.1. The summed E-state index contributed by atoms with van der Waals surface area (Å²) in [7, 11) is 0. The lowest BCUT2D eigenvalue weighted by Crippen LogP contribution is -2.22. The molecule has 0 saturated carbocycles. The first-order chi connectivity index (χ1) is 4.88. The van der Waals surface area contributed by atoms with Crippen LogP contribution in [0.15, 0.2) is 35.6 Å². The van der Waals surface area contributed by atoms with Gasteiger partial charge in [-0.2, -0.15) is 0 Å². The van der Waals surface area contributed by atoms with Crippen LogP contribution in [0.4, 0.5) is 0 Å². The van der Waals surface area contributed by atoms with E-state index < -0.39 is 0 Å². The number of rotatable bonds is 0.